The fraction of sp³-hybridized carbons (Fsp3) is 0.0909. The fourth-order valence-electron chi connectivity index (χ4n) is 1.32. The van der Waals surface area contributed by atoms with E-state index in [1.54, 1.807) is 24.4 Å². The molecule has 1 N–H and O–H groups in total. The second kappa shape index (κ2) is 4.40. The maximum absolute atomic E-state index is 13.2. The van der Waals surface area contributed by atoms with Gasteiger partial charge in [0.05, 0.1) is 7.11 Å². The standard InChI is InChI=1S/C11H9FN2OS/c1-15-9-6-7(2-3-8(9)12)11-13-5-4-10(16)14-11/h2-6H,1H3,(H,13,14,16). The largest absolute Gasteiger partial charge is 0.494 e. The Kier molecular flexibility index (Phi) is 2.96. The van der Waals surface area contributed by atoms with E-state index in [4.69, 9.17) is 17.0 Å². The van der Waals surface area contributed by atoms with Crippen molar-refractivity contribution in [3.8, 4) is 17.1 Å². The molecule has 0 unspecified atom stereocenters. The average Bonchev–Trinajstić information content (AvgIpc) is 2.29. The van der Waals surface area contributed by atoms with E-state index in [1.165, 1.54) is 13.2 Å². The first kappa shape index (κ1) is 10.8. The van der Waals surface area contributed by atoms with Crippen molar-refractivity contribution in [2.75, 3.05) is 7.11 Å². The number of hydrogen-bond donors (Lipinski definition) is 1. The Bertz CT molecular complexity index is 568. The third kappa shape index (κ3) is 2.09. The molecule has 0 fully saturated rings. The molecule has 2 aromatic rings. The van der Waals surface area contributed by atoms with Gasteiger partial charge in [0, 0.05) is 11.8 Å². The van der Waals surface area contributed by atoms with Gasteiger partial charge in [0.15, 0.2) is 11.6 Å². The number of halogens is 1. The van der Waals surface area contributed by atoms with Crippen molar-refractivity contribution in [2.24, 2.45) is 0 Å². The van der Waals surface area contributed by atoms with Crippen LogP contribution in [0.25, 0.3) is 11.4 Å². The van der Waals surface area contributed by atoms with Crippen molar-refractivity contribution in [3.63, 3.8) is 0 Å². The van der Waals surface area contributed by atoms with Crippen molar-refractivity contribution in [3.05, 3.63) is 40.9 Å². The monoisotopic (exact) mass is 236 g/mol. The van der Waals surface area contributed by atoms with Gasteiger partial charge in [-0.15, -0.1) is 0 Å². The highest BCUT2D eigenvalue weighted by Crippen LogP contribution is 2.23. The molecule has 0 radical (unpaired) electrons. The molecule has 0 aliphatic heterocycles. The highest BCUT2D eigenvalue weighted by molar-refractivity contribution is 7.71. The van der Waals surface area contributed by atoms with Crippen molar-refractivity contribution in [1.29, 1.82) is 0 Å². The molecule has 16 heavy (non-hydrogen) atoms. The molecule has 0 bridgehead atoms. The Labute approximate surface area is 96.9 Å². The van der Waals surface area contributed by atoms with Gasteiger partial charge in [0.2, 0.25) is 0 Å². The molecule has 1 aromatic carbocycles. The zero-order valence-corrected chi connectivity index (χ0v) is 9.34. The van der Waals surface area contributed by atoms with Crippen LogP contribution in [0.4, 0.5) is 4.39 Å². The van der Waals surface area contributed by atoms with Crippen LogP contribution >= 0.6 is 12.2 Å². The number of nitrogens with zero attached hydrogens (tertiary/aromatic N) is 1. The molecule has 0 spiro atoms. The van der Waals surface area contributed by atoms with Crippen molar-refractivity contribution in [2.45, 2.75) is 0 Å². The van der Waals surface area contributed by atoms with E-state index in [2.05, 4.69) is 9.97 Å². The van der Waals surface area contributed by atoms with E-state index in [0.717, 1.165) is 5.56 Å². The number of nitrogens with one attached hydrogen (secondary N) is 1. The second-order valence-corrected chi connectivity index (χ2v) is 3.57. The summed E-state index contributed by atoms with van der Waals surface area (Å²) in [6.45, 7) is 0. The van der Waals surface area contributed by atoms with Crippen LogP contribution in [0.3, 0.4) is 0 Å². The number of H-pyrrole nitrogens is 1. The van der Waals surface area contributed by atoms with Gasteiger partial charge < -0.3 is 9.72 Å². The lowest BCUT2D eigenvalue weighted by molar-refractivity contribution is 0.387. The zero-order valence-electron chi connectivity index (χ0n) is 8.53. The molecular weight excluding hydrogens is 227 g/mol. The van der Waals surface area contributed by atoms with Crippen LogP contribution in [-0.4, -0.2) is 17.1 Å². The first-order valence-electron chi connectivity index (χ1n) is 4.60. The predicted molar refractivity (Wildman–Crippen MR) is 61.4 cm³/mol. The van der Waals surface area contributed by atoms with E-state index in [-0.39, 0.29) is 5.75 Å². The molecule has 0 saturated carbocycles. The number of aromatic nitrogens is 2. The number of aromatic amines is 1. The number of benzene rings is 1. The minimum absolute atomic E-state index is 0.183. The Balaban J connectivity index is 2.52. The van der Waals surface area contributed by atoms with E-state index in [9.17, 15) is 4.39 Å². The third-order valence-electron chi connectivity index (χ3n) is 2.10. The molecule has 1 aromatic heterocycles. The minimum Gasteiger partial charge on any atom is -0.494 e. The molecule has 3 nitrogen and oxygen atoms in total. The van der Waals surface area contributed by atoms with Gasteiger partial charge in [-0.1, -0.05) is 12.2 Å². The first-order valence-corrected chi connectivity index (χ1v) is 5.01. The Hall–Kier alpha value is -1.75. The van der Waals surface area contributed by atoms with Crippen molar-refractivity contribution >= 4 is 12.2 Å². The highest BCUT2D eigenvalue weighted by Gasteiger charge is 2.05. The third-order valence-corrected chi connectivity index (χ3v) is 2.33. The lowest BCUT2D eigenvalue weighted by atomic mass is 10.2. The second-order valence-electron chi connectivity index (χ2n) is 3.13. The van der Waals surface area contributed by atoms with Gasteiger partial charge in [-0.05, 0) is 24.3 Å². The lowest BCUT2D eigenvalue weighted by Crippen LogP contribution is -1.92. The summed E-state index contributed by atoms with van der Waals surface area (Å²) in [5.41, 5.74) is 0.727. The summed E-state index contributed by atoms with van der Waals surface area (Å²) in [5, 5.41) is 0. The Morgan fingerprint density at radius 1 is 1.38 bits per heavy atom. The summed E-state index contributed by atoms with van der Waals surface area (Å²) in [6, 6.07) is 6.20. The summed E-state index contributed by atoms with van der Waals surface area (Å²) >= 11 is 4.99. The first-order chi connectivity index (χ1) is 7.70. The molecule has 0 saturated heterocycles. The molecule has 0 aliphatic carbocycles. The highest BCUT2D eigenvalue weighted by atomic mass is 32.1. The summed E-state index contributed by atoms with van der Waals surface area (Å²) < 4.78 is 18.7. The predicted octanol–water partition coefficient (Wildman–Crippen LogP) is 2.95. The van der Waals surface area contributed by atoms with Crippen LogP contribution in [0.15, 0.2) is 30.5 Å². The van der Waals surface area contributed by atoms with Gasteiger partial charge in [0.25, 0.3) is 0 Å². The van der Waals surface area contributed by atoms with Crippen molar-refractivity contribution < 1.29 is 9.13 Å². The summed E-state index contributed by atoms with van der Waals surface area (Å²) in [4.78, 5) is 7.03. The van der Waals surface area contributed by atoms with E-state index in [0.29, 0.717) is 10.5 Å². The molecule has 0 atom stereocenters. The number of ether oxygens (including phenoxy) is 1. The van der Waals surface area contributed by atoms with Gasteiger partial charge in [-0.25, -0.2) is 9.37 Å². The summed E-state index contributed by atoms with van der Waals surface area (Å²) in [7, 11) is 1.42. The normalized spacial score (nSPS) is 10.1. The molecular formula is C11H9FN2OS. The number of hydrogen-bond acceptors (Lipinski definition) is 3. The fourth-order valence-corrected chi connectivity index (χ4v) is 1.48. The Morgan fingerprint density at radius 3 is 2.88 bits per heavy atom. The number of methoxy groups -OCH3 is 1. The molecule has 5 heteroatoms. The van der Waals surface area contributed by atoms with Gasteiger partial charge in [-0.3, -0.25) is 0 Å². The van der Waals surface area contributed by atoms with Crippen LogP contribution in [-0.2, 0) is 0 Å². The van der Waals surface area contributed by atoms with E-state index < -0.39 is 5.82 Å². The van der Waals surface area contributed by atoms with Crippen LogP contribution in [0.5, 0.6) is 5.75 Å². The molecule has 0 aliphatic rings. The summed E-state index contributed by atoms with van der Waals surface area (Å²) in [6.07, 6.45) is 1.60. The molecule has 1 heterocycles. The topological polar surface area (TPSA) is 37.9 Å². The van der Waals surface area contributed by atoms with Gasteiger partial charge >= 0.3 is 0 Å². The van der Waals surface area contributed by atoms with Gasteiger partial charge in [0.1, 0.15) is 10.5 Å². The Morgan fingerprint density at radius 2 is 2.19 bits per heavy atom. The average molecular weight is 236 g/mol. The van der Waals surface area contributed by atoms with Crippen LogP contribution in [0.1, 0.15) is 0 Å². The molecule has 0 amide bonds. The van der Waals surface area contributed by atoms with Crippen LogP contribution in [0, 0.1) is 10.5 Å². The number of rotatable bonds is 2. The lowest BCUT2D eigenvalue weighted by Gasteiger charge is -2.05. The minimum atomic E-state index is -0.402. The maximum atomic E-state index is 13.2. The zero-order chi connectivity index (χ0) is 11.5. The van der Waals surface area contributed by atoms with Crippen LogP contribution in [0.2, 0.25) is 0 Å². The quantitative estimate of drug-likeness (QED) is 0.815. The van der Waals surface area contributed by atoms with Gasteiger partial charge in [-0.2, -0.15) is 0 Å². The van der Waals surface area contributed by atoms with E-state index >= 15 is 0 Å². The van der Waals surface area contributed by atoms with Crippen LogP contribution < -0.4 is 4.74 Å². The maximum Gasteiger partial charge on any atom is 0.165 e. The SMILES string of the molecule is COc1cc(-c2nccc(=S)[nH]2)ccc1F. The molecule has 82 valence electrons. The smallest absolute Gasteiger partial charge is 0.165 e. The molecule has 2 rings (SSSR count). The summed E-state index contributed by atoms with van der Waals surface area (Å²) in [5.74, 6) is 0.369. The van der Waals surface area contributed by atoms with E-state index in [1.807, 2.05) is 0 Å². The van der Waals surface area contributed by atoms with Crippen molar-refractivity contribution in [1.82, 2.24) is 9.97 Å².